The normalized spacial score (nSPS) is 11.5. The van der Waals surface area contributed by atoms with Crippen LogP contribution in [-0.4, -0.2) is 27.0 Å². The Morgan fingerprint density at radius 1 is 1.27 bits per heavy atom. The van der Waals surface area contributed by atoms with E-state index in [1.165, 1.54) is 0 Å². The summed E-state index contributed by atoms with van der Waals surface area (Å²) in [6, 6.07) is 10.7. The lowest BCUT2D eigenvalue weighted by molar-refractivity contribution is -0.130. The molecule has 3 rings (SSSR count). The summed E-state index contributed by atoms with van der Waals surface area (Å²) in [5.74, 6) is -1.08. The van der Waals surface area contributed by atoms with E-state index in [1.54, 1.807) is 48.8 Å². The molecule has 1 aromatic carbocycles. The van der Waals surface area contributed by atoms with Crippen molar-refractivity contribution in [2.75, 3.05) is 5.32 Å². The van der Waals surface area contributed by atoms with Crippen molar-refractivity contribution in [3.8, 4) is 0 Å². The van der Waals surface area contributed by atoms with E-state index in [1.807, 2.05) is 13.0 Å². The Morgan fingerprint density at radius 3 is 2.73 bits per heavy atom. The van der Waals surface area contributed by atoms with Gasteiger partial charge in [-0.15, -0.1) is 0 Å². The Kier molecular flexibility index (Phi) is 5.12. The number of hydrogen-bond donors (Lipinski definition) is 3. The van der Waals surface area contributed by atoms with Crippen molar-refractivity contribution in [3.05, 3.63) is 59.9 Å². The average Bonchev–Trinajstić information content (AvgIpc) is 3.02. The minimum Gasteiger partial charge on any atom is -0.478 e. The van der Waals surface area contributed by atoms with Crippen molar-refractivity contribution in [3.63, 3.8) is 0 Å². The molecule has 0 spiro atoms. The van der Waals surface area contributed by atoms with Crippen LogP contribution in [0.5, 0.6) is 0 Å². The van der Waals surface area contributed by atoms with Crippen LogP contribution in [0.1, 0.15) is 30.9 Å². The van der Waals surface area contributed by atoms with Gasteiger partial charge in [0.05, 0.1) is 17.5 Å². The number of aliphatic carboxylic acids is 1. The van der Waals surface area contributed by atoms with Crippen LogP contribution in [0.15, 0.2) is 48.8 Å². The second-order valence-electron chi connectivity index (χ2n) is 5.89. The Bertz CT molecular complexity index is 974. The molecule has 0 aliphatic heterocycles. The van der Waals surface area contributed by atoms with E-state index >= 15 is 0 Å². The molecule has 3 aromatic rings. The zero-order valence-electron chi connectivity index (χ0n) is 14.3. The van der Waals surface area contributed by atoms with Crippen molar-refractivity contribution >= 4 is 40.2 Å². The second-order valence-corrected chi connectivity index (χ2v) is 5.89. The third-order valence-corrected chi connectivity index (χ3v) is 3.94. The van der Waals surface area contributed by atoms with Gasteiger partial charge in [0, 0.05) is 23.6 Å². The second kappa shape index (κ2) is 7.65. The van der Waals surface area contributed by atoms with Gasteiger partial charge < -0.3 is 15.4 Å². The van der Waals surface area contributed by atoms with E-state index in [4.69, 9.17) is 0 Å². The zero-order chi connectivity index (χ0) is 18.5. The summed E-state index contributed by atoms with van der Waals surface area (Å²) in [5.41, 5.74) is 2.71. The molecule has 0 unspecified atom stereocenters. The third-order valence-electron chi connectivity index (χ3n) is 3.94. The first kappa shape index (κ1) is 17.4. The fourth-order valence-corrected chi connectivity index (χ4v) is 2.70. The summed E-state index contributed by atoms with van der Waals surface area (Å²) in [6.45, 7) is 1.94. The smallest absolute Gasteiger partial charge is 0.336 e. The Hall–Kier alpha value is -3.41. The lowest BCUT2D eigenvalue weighted by atomic mass is 10.0. The van der Waals surface area contributed by atoms with Crippen LogP contribution in [0.3, 0.4) is 0 Å². The molecule has 0 bridgehead atoms. The summed E-state index contributed by atoms with van der Waals surface area (Å²) in [5, 5.41) is 13.1. The minimum atomic E-state index is -1.01. The topological polar surface area (TPSA) is 95.1 Å². The summed E-state index contributed by atoms with van der Waals surface area (Å²) in [4.78, 5) is 30.8. The standard InChI is InChI=1S/C20H19N3O3/c1-2-6-18(24)23-15-10-16-14(11-21-19(16)22-12-15)9-17(20(25)26)13-7-4-3-5-8-13/h3-5,7-12H,2,6H2,1H3,(H,21,22)(H,23,24)(H,25,26). The lowest BCUT2D eigenvalue weighted by Gasteiger charge is -2.05. The Morgan fingerprint density at radius 2 is 2.04 bits per heavy atom. The number of rotatable bonds is 6. The summed E-state index contributed by atoms with van der Waals surface area (Å²) < 4.78 is 0. The molecular formula is C20H19N3O3. The quantitative estimate of drug-likeness (QED) is 0.588. The van der Waals surface area contributed by atoms with Crippen LogP contribution in [-0.2, 0) is 9.59 Å². The van der Waals surface area contributed by atoms with Gasteiger partial charge >= 0.3 is 5.97 Å². The van der Waals surface area contributed by atoms with E-state index in [-0.39, 0.29) is 11.5 Å². The molecule has 0 aliphatic carbocycles. The molecule has 0 atom stereocenters. The van der Waals surface area contributed by atoms with E-state index in [0.29, 0.717) is 28.9 Å². The molecule has 3 N–H and O–H groups in total. The van der Waals surface area contributed by atoms with Gasteiger partial charge in [0.15, 0.2) is 0 Å². The maximum absolute atomic E-state index is 11.8. The highest BCUT2D eigenvalue weighted by molar-refractivity contribution is 6.21. The molecule has 0 saturated heterocycles. The SMILES string of the molecule is CCCC(=O)Nc1cnc2[nH]cc(C=C(C(=O)O)c3ccccc3)c2c1. The first-order valence-corrected chi connectivity index (χ1v) is 8.36. The third kappa shape index (κ3) is 3.80. The van der Waals surface area contributed by atoms with Crippen LogP contribution in [0, 0.1) is 0 Å². The summed E-state index contributed by atoms with van der Waals surface area (Å²) in [6.07, 6.45) is 6.10. The number of amides is 1. The van der Waals surface area contributed by atoms with Crippen molar-refractivity contribution in [2.45, 2.75) is 19.8 Å². The molecule has 0 saturated carbocycles. The number of aromatic nitrogens is 2. The number of carboxylic acids is 1. The highest BCUT2D eigenvalue weighted by Crippen LogP contribution is 2.25. The molecule has 26 heavy (non-hydrogen) atoms. The van der Waals surface area contributed by atoms with Gasteiger partial charge in [-0.1, -0.05) is 37.3 Å². The molecule has 0 aliphatic rings. The summed E-state index contributed by atoms with van der Waals surface area (Å²) in [7, 11) is 0. The number of pyridine rings is 1. The lowest BCUT2D eigenvalue weighted by Crippen LogP contribution is -2.10. The van der Waals surface area contributed by atoms with E-state index in [2.05, 4.69) is 15.3 Å². The molecule has 0 radical (unpaired) electrons. The molecule has 2 heterocycles. The molecule has 2 aromatic heterocycles. The van der Waals surface area contributed by atoms with E-state index in [9.17, 15) is 14.7 Å². The van der Waals surface area contributed by atoms with Gasteiger partial charge in [-0.2, -0.15) is 0 Å². The Labute approximate surface area is 150 Å². The first-order chi connectivity index (χ1) is 12.6. The molecular weight excluding hydrogens is 330 g/mol. The molecule has 0 fully saturated rings. The molecule has 1 amide bonds. The zero-order valence-corrected chi connectivity index (χ0v) is 14.3. The number of fused-ring (bicyclic) bond motifs is 1. The van der Waals surface area contributed by atoms with Crippen molar-refractivity contribution < 1.29 is 14.7 Å². The largest absolute Gasteiger partial charge is 0.478 e. The van der Waals surface area contributed by atoms with Crippen LogP contribution in [0.4, 0.5) is 5.69 Å². The van der Waals surface area contributed by atoms with Crippen LogP contribution >= 0.6 is 0 Å². The van der Waals surface area contributed by atoms with Crippen LogP contribution < -0.4 is 5.32 Å². The molecule has 6 heteroatoms. The van der Waals surface area contributed by atoms with Gasteiger partial charge in [-0.25, -0.2) is 9.78 Å². The first-order valence-electron chi connectivity index (χ1n) is 8.36. The van der Waals surface area contributed by atoms with E-state index in [0.717, 1.165) is 11.8 Å². The van der Waals surface area contributed by atoms with Gasteiger partial charge in [0.25, 0.3) is 0 Å². The van der Waals surface area contributed by atoms with E-state index < -0.39 is 5.97 Å². The predicted molar refractivity (Wildman–Crippen MR) is 102 cm³/mol. The number of benzene rings is 1. The fraction of sp³-hybridized carbons (Fsp3) is 0.150. The number of nitrogens with one attached hydrogen (secondary N) is 2. The number of H-pyrrole nitrogens is 1. The number of aromatic amines is 1. The van der Waals surface area contributed by atoms with Gasteiger partial charge in [0.1, 0.15) is 5.65 Å². The Balaban J connectivity index is 2.01. The predicted octanol–water partition coefficient (Wildman–Crippen LogP) is 3.93. The van der Waals surface area contributed by atoms with Gasteiger partial charge in [0.2, 0.25) is 5.91 Å². The number of carbonyl (C=O) groups excluding carboxylic acids is 1. The van der Waals surface area contributed by atoms with Crippen molar-refractivity contribution in [1.29, 1.82) is 0 Å². The number of anilines is 1. The van der Waals surface area contributed by atoms with Gasteiger partial charge in [-0.05, 0) is 24.1 Å². The number of carboxylic acid groups (broad SMARTS) is 1. The number of hydrogen-bond acceptors (Lipinski definition) is 3. The summed E-state index contributed by atoms with van der Waals surface area (Å²) >= 11 is 0. The fourth-order valence-electron chi connectivity index (χ4n) is 2.70. The van der Waals surface area contributed by atoms with Crippen LogP contribution in [0.25, 0.3) is 22.7 Å². The highest BCUT2D eigenvalue weighted by Gasteiger charge is 2.13. The number of carbonyl (C=O) groups is 2. The van der Waals surface area contributed by atoms with Crippen molar-refractivity contribution in [2.24, 2.45) is 0 Å². The highest BCUT2D eigenvalue weighted by atomic mass is 16.4. The average molecular weight is 349 g/mol. The number of nitrogens with zero attached hydrogens (tertiary/aromatic N) is 1. The van der Waals surface area contributed by atoms with Gasteiger partial charge in [-0.3, -0.25) is 4.79 Å². The molecule has 132 valence electrons. The maximum atomic E-state index is 11.8. The van der Waals surface area contributed by atoms with Crippen molar-refractivity contribution in [1.82, 2.24) is 9.97 Å². The minimum absolute atomic E-state index is 0.0724. The molecule has 6 nitrogen and oxygen atoms in total. The monoisotopic (exact) mass is 349 g/mol. The maximum Gasteiger partial charge on any atom is 0.336 e. The van der Waals surface area contributed by atoms with Crippen LogP contribution in [0.2, 0.25) is 0 Å².